The molecule has 14 heteroatoms. The van der Waals surface area contributed by atoms with Gasteiger partial charge in [0.15, 0.2) is 0 Å². The van der Waals surface area contributed by atoms with E-state index < -0.39 is 56.1 Å². The number of sulfonamides is 1. The van der Waals surface area contributed by atoms with Gasteiger partial charge in [-0.05, 0) is 30.5 Å². The number of amides is 1. The molecule has 1 amide bonds. The summed E-state index contributed by atoms with van der Waals surface area (Å²) in [6.07, 6.45) is -3.76. The smallest absolute Gasteiger partial charge is 0.444 e. The Bertz CT molecular complexity index is 1280. The Morgan fingerprint density at radius 2 is 1.83 bits per heavy atom. The second-order valence-corrected chi connectivity index (χ2v) is 9.66. The molecule has 0 saturated heterocycles. The minimum atomic E-state index is -4.83. The fraction of sp³-hybridized carbons (Fsp3) is 0.571. The van der Waals surface area contributed by atoms with Gasteiger partial charge in [0.2, 0.25) is 0 Å². The van der Waals surface area contributed by atoms with E-state index in [0.717, 1.165) is 18.9 Å². The minimum Gasteiger partial charge on any atom is -0.447 e. The number of halogens is 3. The maximum Gasteiger partial charge on any atom is 0.444 e. The Labute approximate surface area is 199 Å². The molecule has 0 aliphatic rings. The number of ether oxygens (including phenoxy) is 2. The van der Waals surface area contributed by atoms with Crippen molar-refractivity contribution in [2.24, 2.45) is 0 Å². The molecule has 0 aliphatic carbocycles. The average molecular weight is 524 g/mol. The number of fused-ring (bicyclic) bond motifs is 1. The number of alkyl halides is 3. The van der Waals surface area contributed by atoms with Crippen LogP contribution in [0.4, 0.5) is 18.0 Å². The summed E-state index contributed by atoms with van der Waals surface area (Å²) in [7, 11) is -3.35. The highest BCUT2D eigenvalue weighted by atomic mass is 32.2. The molecule has 2 rings (SSSR count). The average Bonchev–Trinajstić information content (AvgIpc) is 2.75. The van der Waals surface area contributed by atoms with Crippen molar-refractivity contribution in [3.8, 4) is 0 Å². The third kappa shape index (κ3) is 6.42. The van der Waals surface area contributed by atoms with Crippen LogP contribution in [0.5, 0.6) is 0 Å². The number of hydrogen-bond donors (Lipinski definition) is 1. The number of nitrogens with zero attached hydrogens (tertiary/aromatic N) is 2. The zero-order valence-electron chi connectivity index (χ0n) is 19.8. The van der Waals surface area contributed by atoms with Gasteiger partial charge >= 0.3 is 18.0 Å². The number of carbonyl (C=O) groups is 1. The van der Waals surface area contributed by atoms with Crippen LogP contribution >= 0.6 is 0 Å². The first-order valence-corrected chi connectivity index (χ1v) is 12.7. The van der Waals surface area contributed by atoms with E-state index in [1.54, 1.807) is 6.92 Å². The van der Waals surface area contributed by atoms with Crippen molar-refractivity contribution in [3.05, 3.63) is 44.1 Å². The van der Waals surface area contributed by atoms with Crippen molar-refractivity contribution >= 4 is 27.0 Å². The van der Waals surface area contributed by atoms with Gasteiger partial charge in [-0.25, -0.2) is 18.0 Å². The molecule has 2 aromatic rings. The largest absolute Gasteiger partial charge is 0.447 e. The van der Waals surface area contributed by atoms with E-state index in [2.05, 4.69) is 4.98 Å². The highest BCUT2D eigenvalue weighted by Gasteiger charge is 2.37. The topological polar surface area (TPSA) is 128 Å². The molecule has 1 heterocycles. The summed E-state index contributed by atoms with van der Waals surface area (Å²) in [6.45, 7) is 3.38. The molecule has 35 heavy (non-hydrogen) atoms. The lowest BCUT2D eigenvalue weighted by Gasteiger charge is -2.22. The Morgan fingerprint density at radius 1 is 1.17 bits per heavy atom. The van der Waals surface area contributed by atoms with Crippen molar-refractivity contribution in [1.29, 1.82) is 0 Å². The van der Waals surface area contributed by atoms with E-state index >= 15 is 0 Å². The van der Waals surface area contributed by atoms with Crippen LogP contribution in [0.25, 0.3) is 10.9 Å². The normalized spacial score (nSPS) is 13.1. The van der Waals surface area contributed by atoms with E-state index in [1.165, 1.54) is 7.11 Å². The summed E-state index contributed by atoms with van der Waals surface area (Å²) in [5.41, 5.74) is -4.75. The fourth-order valence-electron chi connectivity index (χ4n) is 3.57. The van der Waals surface area contributed by atoms with Gasteiger partial charge in [-0.2, -0.15) is 13.2 Å². The van der Waals surface area contributed by atoms with Crippen molar-refractivity contribution in [1.82, 2.24) is 9.66 Å². The molecule has 1 N–H and O–H groups in total. The second-order valence-electron chi connectivity index (χ2n) is 7.84. The molecule has 196 valence electrons. The standard InChI is InChI=1S/C21H28F3N3O7S/c1-5-7-8-9-10-34-20(30)27(35(4,31)32)26-18(28)14-11-13(17(6-2)33-3)15(21(22,23)24)12-16(14)25-19(26)29/h11-12,17H,5-10H2,1-4H3,(H,25,29). The van der Waals surface area contributed by atoms with Gasteiger partial charge in [0.1, 0.15) is 0 Å². The van der Waals surface area contributed by atoms with Crippen molar-refractivity contribution in [2.75, 3.05) is 24.4 Å². The van der Waals surface area contributed by atoms with Crippen LogP contribution in [0.2, 0.25) is 0 Å². The lowest BCUT2D eigenvalue weighted by atomic mass is 9.97. The molecular formula is C21H28F3N3O7S. The SMILES string of the molecule is CCCCCCOC(=O)N(n1c(=O)[nH]c2cc(C(F)(F)F)c(C(CC)OC)cc2c1=O)S(C)(=O)=O. The van der Waals surface area contributed by atoms with Gasteiger partial charge in [-0.1, -0.05) is 37.5 Å². The van der Waals surface area contributed by atoms with Crippen LogP contribution in [0.1, 0.15) is 63.2 Å². The van der Waals surface area contributed by atoms with E-state index in [1.807, 2.05) is 6.92 Å². The van der Waals surface area contributed by atoms with Gasteiger partial charge < -0.3 is 14.5 Å². The third-order valence-electron chi connectivity index (χ3n) is 5.23. The summed E-state index contributed by atoms with van der Waals surface area (Å²) < 4.78 is 75.7. The molecule has 1 unspecified atom stereocenters. The van der Waals surface area contributed by atoms with Gasteiger partial charge in [-0.3, -0.25) is 4.79 Å². The highest BCUT2D eigenvalue weighted by Crippen LogP contribution is 2.38. The quantitative estimate of drug-likeness (QED) is 0.473. The molecule has 1 aromatic heterocycles. The monoisotopic (exact) mass is 523 g/mol. The first-order valence-electron chi connectivity index (χ1n) is 10.9. The van der Waals surface area contributed by atoms with Crippen molar-refractivity contribution < 1.29 is 35.9 Å². The van der Waals surface area contributed by atoms with E-state index in [0.29, 0.717) is 25.2 Å². The van der Waals surface area contributed by atoms with Gasteiger partial charge in [0, 0.05) is 7.11 Å². The molecule has 0 radical (unpaired) electrons. The molecule has 0 spiro atoms. The summed E-state index contributed by atoms with van der Waals surface area (Å²) in [5.74, 6) is 0. The van der Waals surface area contributed by atoms with Crippen LogP contribution in [-0.4, -0.2) is 44.1 Å². The minimum absolute atomic E-state index is 0.00313. The number of unbranched alkanes of at least 4 members (excludes halogenated alkanes) is 3. The second kappa shape index (κ2) is 11.2. The number of carbonyl (C=O) groups excluding carboxylic acids is 1. The number of hydrogen-bond acceptors (Lipinski definition) is 7. The Balaban J connectivity index is 2.72. The number of rotatable bonds is 10. The molecule has 1 aromatic carbocycles. The molecule has 0 fully saturated rings. The van der Waals surface area contributed by atoms with E-state index in [4.69, 9.17) is 9.47 Å². The first kappa shape index (κ1) is 28.4. The predicted molar refractivity (Wildman–Crippen MR) is 122 cm³/mol. The molecule has 0 aliphatic heterocycles. The van der Waals surface area contributed by atoms with Gasteiger partial charge in [-0.15, -0.1) is 4.68 Å². The lowest BCUT2D eigenvalue weighted by Crippen LogP contribution is -2.56. The first-order chi connectivity index (χ1) is 16.3. The van der Waals surface area contributed by atoms with Gasteiger partial charge in [0.05, 0.1) is 35.4 Å². The van der Waals surface area contributed by atoms with Gasteiger partial charge in [0.25, 0.3) is 15.6 Å². The van der Waals surface area contributed by atoms with Crippen LogP contribution in [0, 0.1) is 0 Å². The van der Waals surface area contributed by atoms with Crippen molar-refractivity contribution in [2.45, 2.75) is 58.2 Å². The van der Waals surface area contributed by atoms with Crippen molar-refractivity contribution in [3.63, 3.8) is 0 Å². The van der Waals surface area contributed by atoms with Crippen LogP contribution in [0.15, 0.2) is 21.7 Å². The molecule has 0 bridgehead atoms. The van der Waals surface area contributed by atoms with E-state index in [-0.39, 0.29) is 27.7 Å². The maximum atomic E-state index is 13.7. The third-order valence-corrected chi connectivity index (χ3v) is 6.17. The number of nitrogens with one attached hydrogen (secondary N) is 1. The highest BCUT2D eigenvalue weighted by molar-refractivity contribution is 7.92. The number of H-pyrrole nitrogens is 1. The number of aromatic nitrogens is 2. The molecular weight excluding hydrogens is 495 g/mol. The Hall–Kier alpha value is -2.87. The predicted octanol–water partition coefficient (Wildman–Crippen LogP) is 3.42. The summed E-state index contributed by atoms with van der Waals surface area (Å²) >= 11 is 0. The van der Waals surface area contributed by atoms with Crippen LogP contribution < -0.4 is 15.7 Å². The van der Waals surface area contributed by atoms with E-state index in [9.17, 15) is 36.0 Å². The van der Waals surface area contributed by atoms with Crippen LogP contribution in [-0.2, 0) is 25.7 Å². The fourth-order valence-corrected chi connectivity index (χ4v) is 4.34. The Kier molecular flexibility index (Phi) is 9.11. The summed E-state index contributed by atoms with van der Waals surface area (Å²) in [6, 6.07) is 1.46. The summed E-state index contributed by atoms with van der Waals surface area (Å²) in [5, 5.41) is -0.451. The maximum absolute atomic E-state index is 13.7. The Morgan fingerprint density at radius 3 is 2.34 bits per heavy atom. The number of aromatic amines is 1. The number of benzene rings is 1. The van der Waals surface area contributed by atoms with Crippen LogP contribution in [0.3, 0.4) is 0 Å². The zero-order valence-corrected chi connectivity index (χ0v) is 20.6. The summed E-state index contributed by atoms with van der Waals surface area (Å²) in [4.78, 5) is 40.4. The molecule has 0 saturated carbocycles. The molecule has 10 nitrogen and oxygen atoms in total. The zero-order chi connectivity index (χ0) is 26.6. The lowest BCUT2D eigenvalue weighted by molar-refractivity contribution is -0.139. The molecule has 1 atom stereocenters. The number of methoxy groups -OCH3 is 1.